The standard InChI is InChI=1S/C13H26/c1-6-7-12(4)10-13(5)9-8-11(2)3/h8,12-13H,6-7,9-10H2,1-5H3. The average Bonchev–Trinajstić information content (AvgIpc) is 2.01. The third-order valence-electron chi connectivity index (χ3n) is 2.51. The molecule has 2 unspecified atom stereocenters. The first-order valence-corrected chi connectivity index (χ1v) is 5.69. The smallest absolute Gasteiger partial charge is 0.0322 e. The Balaban J connectivity index is 3.61. The Kier molecular flexibility index (Phi) is 7.03. The molecule has 0 radical (unpaired) electrons. The van der Waals surface area contributed by atoms with Gasteiger partial charge in [0, 0.05) is 0 Å². The van der Waals surface area contributed by atoms with Gasteiger partial charge in [-0.1, -0.05) is 45.3 Å². The van der Waals surface area contributed by atoms with Crippen molar-refractivity contribution in [3.63, 3.8) is 0 Å². The fourth-order valence-electron chi connectivity index (χ4n) is 1.83. The minimum absolute atomic E-state index is 0.858. The largest absolute Gasteiger partial charge is 0.0856 e. The number of hydrogen-bond donors (Lipinski definition) is 0. The lowest BCUT2D eigenvalue weighted by molar-refractivity contribution is 0.394. The Morgan fingerprint density at radius 3 is 2.23 bits per heavy atom. The van der Waals surface area contributed by atoms with Crippen LogP contribution in [0.25, 0.3) is 0 Å². The summed E-state index contributed by atoms with van der Waals surface area (Å²) in [5, 5.41) is 0. The molecule has 0 heteroatoms. The molecule has 0 aromatic rings. The lowest BCUT2D eigenvalue weighted by Gasteiger charge is -2.15. The molecule has 0 spiro atoms. The first-order valence-electron chi connectivity index (χ1n) is 5.69. The molecule has 0 N–H and O–H groups in total. The second-order valence-corrected chi connectivity index (χ2v) is 4.75. The Bertz CT molecular complexity index is 140. The van der Waals surface area contributed by atoms with Gasteiger partial charge < -0.3 is 0 Å². The van der Waals surface area contributed by atoms with Crippen LogP contribution in [0.1, 0.15) is 60.3 Å². The number of hydrogen-bond acceptors (Lipinski definition) is 0. The topological polar surface area (TPSA) is 0 Å². The van der Waals surface area contributed by atoms with Crippen LogP contribution in [0.5, 0.6) is 0 Å². The SMILES string of the molecule is CCCC(C)CC(C)CC=C(C)C. The molecule has 0 heterocycles. The summed E-state index contributed by atoms with van der Waals surface area (Å²) in [6.07, 6.45) is 7.73. The molecular formula is C13H26. The van der Waals surface area contributed by atoms with E-state index in [2.05, 4.69) is 40.7 Å². The van der Waals surface area contributed by atoms with Crippen LogP contribution in [0, 0.1) is 11.8 Å². The second kappa shape index (κ2) is 7.17. The van der Waals surface area contributed by atoms with Crippen molar-refractivity contribution in [2.45, 2.75) is 60.3 Å². The van der Waals surface area contributed by atoms with E-state index in [0.29, 0.717) is 0 Å². The molecular weight excluding hydrogens is 156 g/mol. The van der Waals surface area contributed by atoms with E-state index in [1.807, 2.05) is 0 Å². The maximum Gasteiger partial charge on any atom is -0.0322 e. The van der Waals surface area contributed by atoms with Gasteiger partial charge in [0.25, 0.3) is 0 Å². The van der Waals surface area contributed by atoms with Gasteiger partial charge in [-0.3, -0.25) is 0 Å². The van der Waals surface area contributed by atoms with Crippen molar-refractivity contribution >= 4 is 0 Å². The highest BCUT2D eigenvalue weighted by Gasteiger charge is 2.06. The quantitative estimate of drug-likeness (QED) is 0.517. The van der Waals surface area contributed by atoms with Crippen LogP contribution in [0.15, 0.2) is 11.6 Å². The van der Waals surface area contributed by atoms with E-state index in [0.717, 1.165) is 11.8 Å². The highest BCUT2D eigenvalue weighted by atomic mass is 14.1. The lowest BCUT2D eigenvalue weighted by Crippen LogP contribution is -2.02. The van der Waals surface area contributed by atoms with Crippen LogP contribution in [-0.4, -0.2) is 0 Å². The van der Waals surface area contributed by atoms with Gasteiger partial charge in [-0.25, -0.2) is 0 Å². The third kappa shape index (κ3) is 8.08. The molecule has 0 fully saturated rings. The maximum atomic E-state index is 2.38. The molecule has 0 saturated heterocycles. The third-order valence-corrected chi connectivity index (χ3v) is 2.51. The second-order valence-electron chi connectivity index (χ2n) is 4.75. The highest BCUT2D eigenvalue weighted by Crippen LogP contribution is 2.19. The molecule has 0 aliphatic rings. The summed E-state index contributed by atoms with van der Waals surface area (Å²) in [5.41, 5.74) is 1.45. The van der Waals surface area contributed by atoms with Gasteiger partial charge in [-0.2, -0.15) is 0 Å². The van der Waals surface area contributed by atoms with Gasteiger partial charge >= 0.3 is 0 Å². The minimum Gasteiger partial charge on any atom is -0.0856 e. The predicted octanol–water partition coefficient (Wildman–Crippen LogP) is 4.81. The molecule has 0 saturated carbocycles. The van der Waals surface area contributed by atoms with Crippen molar-refractivity contribution in [3.05, 3.63) is 11.6 Å². The van der Waals surface area contributed by atoms with E-state index in [-0.39, 0.29) is 0 Å². The summed E-state index contributed by atoms with van der Waals surface area (Å²) in [6, 6.07) is 0. The molecule has 2 atom stereocenters. The van der Waals surface area contributed by atoms with Crippen LogP contribution < -0.4 is 0 Å². The molecule has 0 aliphatic heterocycles. The normalized spacial score (nSPS) is 15.2. The maximum absolute atomic E-state index is 2.38. The Morgan fingerprint density at radius 2 is 1.77 bits per heavy atom. The predicted molar refractivity (Wildman–Crippen MR) is 61.9 cm³/mol. The van der Waals surface area contributed by atoms with Crippen LogP contribution in [0.2, 0.25) is 0 Å². The van der Waals surface area contributed by atoms with Crippen molar-refractivity contribution < 1.29 is 0 Å². The summed E-state index contributed by atoms with van der Waals surface area (Å²) < 4.78 is 0. The fraction of sp³-hybridized carbons (Fsp3) is 0.846. The van der Waals surface area contributed by atoms with Gasteiger partial charge in [-0.05, 0) is 38.5 Å². The Labute approximate surface area is 84.4 Å². The molecule has 0 amide bonds. The van der Waals surface area contributed by atoms with Crippen LogP contribution in [0.3, 0.4) is 0 Å². The van der Waals surface area contributed by atoms with E-state index in [1.54, 1.807) is 0 Å². The van der Waals surface area contributed by atoms with Crippen molar-refractivity contribution in [3.8, 4) is 0 Å². The average molecular weight is 182 g/mol. The Hall–Kier alpha value is -0.260. The molecule has 0 aromatic carbocycles. The van der Waals surface area contributed by atoms with Crippen molar-refractivity contribution in [1.29, 1.82) is 0 Å². The molecule has 78 valence electrons. The zero-order valence-electron chi connectivity index (χ0n) is 10.1. The van der Waals surface area contributed by atoms with E-state index in [9.17, 15) is 0 Å². The van der Waals surface area contributed by atoms with Crippen molar-refractivity contribution in [2.24, 2.45) is 11.8 Å². The summed E-state index contributed by atoms with van der Waals surface area (Å²) >= 11 is 0. The van der Waals surface area contributed by atoms with E-state index in [1.165, 1.54) is 31.3 Å². The zero-order chi connectivity index (χ0) is 10.3. The number of allylic oxidation sites excluding steroid dienone is 2. The first kappa shape index (κ1) is 12.7. The van der Waals surface area contributed by atoms with Gasteiger partial charge in [0.1, 0.15) is 0 Å². The molecule has 0 nitrogen and oxygen atoms in total. The van der Waals surface area contributed by atoms with E-state index >= 15 is 0 Å². The molecule has 0 bridgehead atoms. The minimum atomic E-state index is 0.858. The highest BCUT2D eigenvalue weighted by molar-refractivity contribution is 4.93. The fourth-order valence-corrected chi connectivity index (χ4v) is 1.83. The van der Waals surface area contributed by atoms with Crippen molar-refractivity contribution in [1.82, 2.24) is 0 Å². The van der Waals surface area contributed by atoms with Gasteiger partial charge in [0.05, 0.1) is 0 Å². The summed E-state index contributed by atoms with van der Waals surface area (Å²) in [4.78, 5) is 0. The van der Waals surface area contributed by atoms with Crippen molar-refractivity contribution in [2.75, 3.05) is 0 Å². The van der Waals surface area contributed by atoms with Crippen LogP contribution in [0.4, 0.5) is 0 Å². The first-order chi connectivity index (χ1) is 6.06. The van der Waals surface area contributed by atoms with Gasteiger partial charge in [0.15, 0.2) is 0 Å². The van der Waals surface area contributed by atoms with Crippen LogP contribution >= 0.6 is 0 Å². The molecule has 0 rings (SSSR count). The monoisotopic (exact) mass is 182 g/mol. The molecule has 13 heavy (non-hydrogen) atoms. The van der Waals surface area contributed by atoms with Gasteiger partial charge in [0.2, 0.25) is 0 Å². The summed E-state index contributed by atoms with van der Waals surface area (Å²) in [6.45, 7) is 11.4. The summed E-state index contributed by atoms with van der Waals surface area (Å²) in [5.74, 6) is 1.77. The van der Waals surface area contributed by atoms with E-state index < -0.39 is 0 Å². The lowest BCUT2D eigenvalue weighted by atomic mass is 9.91. The van der Waals surface area contributed by atoms with Gasteiger partial charge in [-0.15, -0.1) is 0 Å². The zero-order valence-corrected chi connectivity index (χ0v) is 10.1. The van der Waals surface area contributed by atoms with Crippen LogP contribution in [-0.2, 0) is 0 Å². The summed E-state index contributed by atoms with van der Waals surface area (Å²) in [7, 11) is 0. The van der Waals surface area contributed by atoms with E-state index in [4.69, 9.17) is 0 Å². The molecule has 0 aromatic heterocycles. The number of rotatable bonds is 6. The Morgan fingerprint density at radius 1 is 1.15 bits per heavy atom. The molecule has 0 aliphatic carbocycles.